The van der Waals surface area contributed by atoms with Crippen LogP contribution >= 0.6 is 6.83 Å². The van der Waals surface area contributed by atoms with Crippen LogP contribution in [0.5, 0.6) is 34.5 Å². The van der Waals surface area contributed by atoms with Crippen molar-refractivity contribution in [3.8, 4) is 34.5 Å². The van der Waals surface area contributed by atoms with E-state index in [9.17, 15) is 19.1 Å². The number of benzene rings is 5. The number of hydrogen-bond donors (Lipinski definition) is 1. The zero-order valence-corrected chi connectivity index (χ0v) is 30.7. The van der Waals surface area contributed by atoms with E-state index in [1.807, 2.05) is 0 Å². The summed E-state index contributed by atoms with van der Waals surface area (Å²) in [6.07, 6.45) is -0.689. The van der Waals surface area contributed by atoms with Crippen LogP contribution in [0.3, 0.4) is 0 Å². The Kier molecular flexibility index (Phi) is 11.0. The van der Waals surface area contributed by atoms with Crippen LogP contribution in [-0.2, 0) is 9.68 Å². The monoisotopic (exact) mass is 738 g/mol. The molecule has 270 valence electrons. The summed E-state index contributed by atoms with van der Waals surface area (Å²) in [4.78, 5) is 0. The predicted octanol–water partition coefficient (Wildman–Crippen LogP) is 2.33. The number of ether oxygens (including phenoxy) is 6. The quantitative estimate of drug-likeness (QED) is 0.158. The predicted molar refractivity (Wildman–Crippen MR) is 186 cm³/mol. The molecule has 13 heteroatoms. The fourth-order valence-corrected chi connectivity index (χ4v) is 15.7. The van der Waals surface area contributed by atoms with Gasteiger partial charge in [-0.05, 0) is 0 Å². The van der Waals surface area contributed by atoms with Crippen molar-refractivity contribution in [2.75, 3.05) is 48.8 Å². The molecule has 11 nitrogen and oxygen atoms in total. The van der Waals surface area contributed by atoms with Gasteiger partial charge in [0, 0.05) is 0 Å². The summed E-state index contributed by atoms with van der Waals surface area (Å²) in [5.74, 6) is 0.307. The third-order valence-corrected chi connectivity index (χ3v) is 16.0. The molecule has 0 aliphatic carbocycles. The summed E-state index contributed by atoms with van der Waals surface area (Å²) in [5.41, 5.74) is -1.47. The number of aliphatic hydroxyl groups is 1. The molecule has 5 aromatic carbocycles. The third kappa shape index (κ3) is 6.43. The average molecular weight is 739 g/mol. The van der Waals surface area contributed by atoms with Crippen molar-refractivity contribution in [2.45, 2.75) is 5.60 Å². The Balaban J connectivity index is 2.29. The molecule has 0 radical (unpaired) electrons. The number of rotatable bonds is 15. The van der Waals surface area contributed by atoms with Crippen LogP contribution in [0.4, 0.5) is 0 Å². The second-order valence-electron chi connectivity index (χ2n) is 11.4. The van der Waals surface area contributed by atoms with Crippen molar-refractivity contribution in [1.29, 1.82) is 0 Å². The van der Waals surface area contributed by atoms with Crippen LogP contribution in [-0.4, -0.2) is 53.9 Å². The van der Waals surface area contributed by atoms with E-state index in [2.05, 4.69) is 0 Å². The molecule has 0 saturated carbocycles. The van der Waals surface area contributed by atoms with E-state index in [0.717, 1.165) is 0 Å². The van der Waals surface area contributed by atoms with Gasteiger partial charge in [-0.3, -0.25) is 0 Å². The van der Waals surface area contributed by atoms with Crippen molar-refractivity contribution < 1.29 is 61.8 Å². The van der Waals surface area contributed by atoms with Crippen LogP contribution in [0.2, 0.25) is 0 Å². The zero-order chi connectivity index (χ0) is 36.9. The molecule has 0 aliphatic heterocycles. The molecule has 0 heterocycles. The van der Waals surface area contributed by atoms with E-state index < -0.39 is 28.8 Å². The fraction of sp³-hybridized carbons (Fsp3) is 0.211. The summed E-state index contributed by atoms with van der Waals surface area (Å²) in [5, 5.41) is 13.5. The van der Waals surface area contributed by atoms with Gasteiger partial charge in [0.1, 0.15) is 0 Å². The molecule has 0 fully saturated rings. The Morgan fingerprint density at radius 1 is 0.471 bits per heavy atom. The van der Waals surface area contributed by atoms with Gasteiger partial charge in [0.25, 0.3) is 0 Å². The topological polar surface area (TPSA) is 154 Å². The molecule has 0 aromatic heterocycles. The second-order valence-corrected chi connectivity index (χ2v) is 16.8. The summed E-state index contributed by atoms with van der Waals surface area (Å²) in [6.45, 7) is -5.99. The van der Waals surface area contributed by atoms with Crippen LogP contribution in [0.15, 0.2) is 115 Å². The maximum atomic E-state index is 13.8. The Bertz CT molecular complexity index is 1710. The first kappa shape index (κ1) is 37.7. The molecule has 5 rings (SSSR count). The third-order valence-electron chi connectivity index (χ3n) is 8.89. The zero-order valence-electron chi connectivity index (χ0n) is 29.0. The van der Waals surface area contributed by atoms with Crippen molar-refractivity contribution in [3.63, 3.8) is 0 Å². The first-order valence-corrected chi connectivity index (χ1v) is 19.2. The molecule has 0 saturated heterocycles. The number of methoxy groups -OCH3 is 6. The SMILES string of the molecule is COc1cccc(OC)c1P(CC(O)(c1ccccc1)c1ccccc1)(O[Cl+3]([O-])([O-])[O-])(c1c(OC)cccc1OC)c1c(OC)cccc1OC. The molecular weight excluding hydrogens is 699 g/mol. The molecule has 0 unspecified atom stereocenters. The number of halogens is 1. The Hall–Kier alpha value is -4.58. The minimum absolute atomic E-state index is 0.0312. The molecule has 0 atom stereocenters. The van der Waals surface area contributed by atoms with Crippen molar-refractivity contribution >= 4 is 22.7 Å². The van der Waals surface area contributed by atoms with E-state index in [4.69, 9.17) is 32.5 Å². The van der Waals surface area contributed by atoms with Gasteiger partial charge < -0.3 is 0 Å². The van der Waals surface area contributed by atoms with Crippen LogP contribution in [0.1, 0.15) is 11.1 Å². The van der Waals surface area contributed by atoms with Crippen LogP contribution in [0, 0.1) is 10.2 Å². The molecule has 0 bridgehead atoms. The van der Waals surface area contributed by atoms with Crippen molar-refractivity contribution in [3.05, 3.63) is 126 Å². The average Bonchev–Trinajstić information content (AvgIpc) is 3.16. The van der Waals surface area contributed by atoms with Gasteiger partial charge in [-0.2, -0.15) is 0 Å². The molecule has 51 heavy (non-hydrogen) atoms. The van der Waals surface area contributed by atoms with Crippen LogP contribution in [0.25, 0.3) is 0 Å². The van der Waals surface area contributed by atoms with E-state index in [-0.39, 0.29) is 50.4 Å². The Labute approximate surface area is 299 Å². The van der Waals surface area contributed by atoms with Gasteiger partial charge >= 0.3 is 300 Å². The Morgan fingerprint density at radius 3 is 0.980 bits per heavy atom. The van der Waals surface area contributed by atoms with Gasteiger partial charge in [0.2, 0.25) is 0 Å². The van der Waals surface area contributed by atoms with Gasteiger partial charge in [0.05, 0.1) is 0 Å². The minimum atomic E-state index is -5.99. The maximum absolute atomic E-state index is 13.8. The summed E-state index contributed by atoms with van der Waals surface area (Å²) in [7, 11) is 2.86. The Morgan fingerprint density at radius 2 is 0.745 bits per heavy atom. The molecule has 0 aliphatic rings. The van der Waals surface area contributed by atoms with Crippen LogP contribution < -0.4 is 58.3 Å². The molecular formula is C38H40ClO11P. The molecule has 1 N–H and O–H groups in total. The summed E-state index contributed by atoms with van der Waals surface area (Å²) >= 11 is 0. The van der Waals surface area contributed by atoms with E-state index >= 15 is 0 Å². The summed E-state index contributed by atoms with van der Waals surface area (Å²) in [6, 6.07) is 31.6. The van der Waals surface area contributed by atoms with Gasteiger partial charge in [-0.25, -0.2) is 0 Å². The number of hydrogen-bond acceptors (Lipinski definition) is 11. The van der Waals surface area contributed by atoms with Crippen molar-refractivity contribution in [1.82, 2.24) is 0 Å². The fourth-order valence-electron chi connectivity index (χ4n) is 6.99. The molecule has 0 amide bonds. The van der Waals surface area contributed by atoms with Gasteiger partial charge in [0.15, 0.2) is 0 Å². The van der Waals surface area contributed by atoms with E-state index in [1.54, 1.807) is 115 Å². The second kappa shape index (κ2) is 15.0. The van der Waals surface area contributed by atoms with Gasteiger partial charge in [-0.1, -0.05) is 0 Å². The van der Waals surface area contributed by atoms with Crippen molar-refractivity contribution in [2.24, 2.45) is 0 Å². The molecule has 0 spiro atoms. The van der Waals surface area contributed by atoms with E-state index in [0.29, 0.717) is 11.1 Å². The van der Waals surface area contributed by atoms with Gasteiger partial charge in [-0.15, -0.1) is 0 Å². The summed E-state index contributed by atoms with van der Waals surface area (Å²) < 4.78 is 84.1. The van der Waals surface area contributed by atoms with E-state index in [1.165, 1.54) is 42.7 Å². The normalized spacial score (nSPS) is 12.7. The standard InChI is InChI=1S/C38H40ClO11P/c1-44-29-20-13-21-30(45-2)35(29)51(50-39(41,42)43,36-31(46-3)22-14-23-32(36)47-4,37-33(48-5)24-15-25-34(37)49-6)26-38(40,27-16-9-7-10-17-27)28-18-11-8-12-19-28/h7-25,40H,26H2,1-6H3. The molecule has 5 aromatic rings. The first-order chi connectivity index (χ1) is 24.5. The first-order valence-electron chi connectivity index (χ1n) is 15.6.